The number of fused-ring (bicyclic) bond motifs is 4. The van der Waals surface area contributed by atoms with Gasteiger partial charge in [0.05, 0.1) is 37.6 Å². The Balaban J connectivity index is 1.45. The Morgan fingerprint density at radius 2 is 1.78 bits per heavy atom. The molecule has 0 amide bonds. The van der Waals surface area contributed by atoms with Gasteiger partial charge in [-0.25, -0.2) is 0 Å². The lowest BCUT2D eigenvalue weighted by Gasteiger charge is -2.38. The zero-order valence-electron chi connectivity index (χ0n) is 23.3. The molecule has 0 spiro atoms. The number of likely N-dealkylation sites (tertiary alicyclic amines) is 1. The highest BCUT2D eigenvalue weighted by Crippen LogP contribution is 2.32. The quantitative estimate of drug-likeness (QED) is 0.392. The van der Waals surface area contributed by atoms with E-state index in [0.29, 0.717) is 55.9 Å². The SMILES string of the molecule is CN1CC[C@H]2Nc3cccc4c3cc(n4CC(F)(F)F)C#CCNc3cccc(c3)OCCOCCOCC[C@@H]2C1. The lowest BCUT2D eigenvalue weighted by molar-refractivity contribution is -0.140. The predicted octanol–water partition coefficient (Wildman–Crippen LogP) is 5.22. The van der Waals surface area contributed by atoms with E-state index in [1.54, 1.807) is 12.1 Å². The average Bonchev–Trinajstić information content (AvgIpc) is 3.28. The van der Waals surface area contributed by atoms with Crippen molar-refractivity contribution in [2.24, 2.45) is 5.92 Å². The molecule has 2 aliphatic heterocycles. The number of nitrogens with one attached hydrogen (secondary N) is 2. The molecule has 2 aromatic carbocycles. The fourth-order valence-electron chi connectivity index (χ4n) is 5.51. The van der Waals surface area contributed by atoms with Crippen LogP contribution in [0.2, 0.25) is 0 Å². The molecule has 1 fully saturated rings. The van der Waals surface area contributed by atoms with Gasteiger partial charge in [0.25, 0.3) is 0 Å². The molecule has 0 aliphatic carbocycles. The zero-order chi connectivity index (χ0) is 28.7. The second-order valence-electron chi connectivity index (χ2n) is 10.6. The summed E-state index contributed by atoms with van der Waals surface area (Å²) in [6, 6.07) is 14.9. The highest BCUT2D eigenvalue weighted by Gasteiger charge is 2.31. The lowest BCUT2D eigenvalue weighted by atomic mass is 9.89. The molecule has 0 saturated carbocycles. The van der Waals surface area contributed by atoms with Crippen LogP contribution in [-0.4, -0.2) is 81.4 Å². The summed E-state index contributed by atoms with van der Waals surface area (Å²) in [7, 11) is 2.12. The zero-order valence-corrected chi connectivity index (χ0v) is 23.3. The summed E-state index contributed by atoms with van der Waals surface area (Å²) in [4.78, 5) is 2.32. The van der Waals surface area contributed by atoms with Crippen LogP contribution in [0.25, 0.3) is 10.9 Å². The van der Waals surface area contributed by atoms with Crippen molar-refractivity contribution in [1.29, 1.82) is 0 Å². The summed E-state index contributed by atoms with van der Waals surface area (Å²) < 4.78 is 59.5. The highest BCUT2D eigenvalue weighted by molar-refractivity contribution is 5.94. The maximum Gasteiger partial charge on any atom is 0.406 e. The molecule has 3 heterocycles. The number of alkyl halides is 3. The molecule has 2 aliphatic rings. The van der Waals surface area contributed by atoms with Crippen LogP contribution >= 0.6 is 0 Å². The maximum atomic E-state index is 13.6. The van der Waals surface area contributed by atoms with Gasteiger partial charge in [-0.05, 0) is 68.6 Å². The summed E-state index contributed by atoms with van der Waals surface area (Å²) in [5.41, 5.74) is 2.47. The smallest absolute Gasteiger partial charge is 0.406 e. The number of benzene rings is 2. The van der Waals surface area contributed by atoms with E-state index >= 15 is 0 Å². The number of piperidine rings is 1. The van der Waals surface area contributed by atoms with E-state index in [0.717, 1.165) is 42.7 Å². The van der Waals surface area contributed by atoms with Crippen molar-refractivity contribution >= 4 is 22.3 Å². The van der Waals surface area contributed by atoms with Gasteiger partial charge in [-0.1, -0.05) is 18.1 Å². The molecule has 5 rings (SSSR count). The van der Waals surface area contributed by atoms with Crippen LogP contribution in [0.5, 0.6) is 5.75 Å². The predicted molar refractivity (Wildman–Crippen MR) is 155 cm³/mol. The summed E-state index contributed by atoms with van der Waals surface area (Å²) in [6.45, 7) is 3.52. The Morgan fingerprint density at radius 1 is 0.976 bits per heavy atom. The molecule has 7 nitrogen and oxygen atoms in total. The molecule has 0 radical (unpaired) electrons. The second-order valence-corrected chi connectivity index (χ2v) is 10.6. The number of hydrogen-bond donors (Lipinski definition) is 2. The van der Waals surface area contributed by atoms with Crippen LogP contribution < -0.4 is 15.4 Å². The van der Waals surface area contributed by atoms with Crippen molar-refractivity contribution in [1.82, 2.24) is 9.47 Å². The van der Waals surface area contributed by atoms with Crippen molar-refractivity contribution in [3.8, 4) is 17.6 Å². The monoisotopic (exact) mass is 570 g/mol. The fourth-order valence-corrected chi connectivity index (χ4v) is 5.51. The van der Waals surface area contributed by atoms with Gasteiger partial charge in [-0.15, -0.1) is 0 Å². The molecular weight excluding hydrogens is 533 g/mol. The van der Waals surface area contributed by atoms with Gasteiger partial charge < -0.3 is 34.3 Å². The topological polar surface area (TPSA) is 59.9 Å². The van der Waals surface area contributed by atoms with E-state index in [1.165, 1.54) is 4.57 Å². The molecule has 2 atom stereocenters. The molecule has 3 aromatic rings. The molecular formula is C31H37F3N4O3. The first-order chi connectivity index (χ1) is 19.9. The van der Waals surface area contributed by atoms with Crippen molar-refractivity contribution in [3.63, 3.8) is 0 Å². The maximum absolute atomic E-state index is 13.6. The van der Waals surface area contributed by atoms with Crippen molar-refractivity contribution < 1.29 is 27.4 Å². The number of anilines is 2. The van der Waals surface area contributed by atoms with Gasteiger partial charge >= 0.3 is 6.18 Å². The normalized spacial score (nSPS) is 21.6. The molecule has 0 unspecified atom stereocenters. The van der Waals surface area contributed by atoms with Gasteiger partial charge in [-0.3, -0.25) is 0 Å². The first kappa shape index (κ1) is 29.1. The molecule has 10 heteroatoms. The van der Waals surface area contributed by atoms with Gasteiger partial charge in [0.2, 0.25) is 0 Å². The second kappa shape index (κ2) is 13.5. The number of ether oxygens (including phenoxy) is 3. The van der Waals surface area contributed by atoms with E-state index in [9.17, 15) is 13.2 Å². The van der Waals surface area contributed by atoms with Crippen molar-refractivity contribution in [2.75, 3.05) is 70.3 Å². The first-order valence-electron chi connectivity index (χ1n) is 14.1. The number of hydrogen-bond acceptors (Lipinski definition) is 6. The summed E-state index contributed by atoms with van der Waals surface area (Å²) >= 11 is 0. The molecule has 4 bridgehead atoms. The fraction of sp³-hybridized carbons (Fsp3) is 0.484. The lowest BCUT2D eigenvalue weighted by Crippen LogP contribution is -2.45. The third kappa shape index (κ3) is 8.09. The summed E-state index contributed by atoms with van der Waals surface area (Å²) in [5, 5.41) is 7.63. The van der Waals surface area contributed by atoms with E-state index in [4.69, 9.17) is 14.2 Å². The molecule has 2 N–H and O–H groups in total. The Bertz CT molecular complexity index is 1360. The van der Waals surface area contributed by atoms with E-state index in [2.05, 4.69) is 34.4 Å². The molecule has 41 heavy (non-hydrogen) atoms. The first-order valence-corrected chi connectivity index (χ1v) is 14.1. The standard InChI is InChI=1S/C31H37F3N4O3/c1-37-13-10-28-23(21-37)11-14-39-15-16-40-17-18-41-26-7-2-5-24(19-26)35-12-4-6-25-20-27-29(36-28)8-3-9-30(27)38(25)22-31(32,33)34/h2-3,5,7-9,19-20,23,28,35-36H,10-18,21-22H2,1H3/t23-,28-/m1/s1. The van der Waals surface area contributed by atoms with Crippen LogP contribution in [0.4, 0.5) is 24.5 Å². The van der Waals surface area contributed by atoms with Gasteiger partial charge in [-0.2, -0.15) is 13.2 Å². The van der Waals surface area contributed by atoms with Crippen LogP contribution in [0.15, 0.2) is 48.5 Å². The molecule has 1 saturated heterocycles. The molecule has 1 aromatic heterocycles. The number of halogens is 3. The number of nitrogens with zero attached hydrogens (tertiary/aromatic N) is 2. The number of rotatable bonds is 1. The average molecular weight is 571 g/mol. The van der Waals surface area contributed by atoms with E-state index in [1.807, 2.05) is 36.4 Å². The van der Waals surface area contributed by atoms with Crippen molar-refractivity contribution in [2.45, 2.75) is 31.6 Å². The third-order valence-electron chi connectivity index (χ3n) is 7.49. The summed E-state index contributed by atoms with van der Waals surface area (Å²) in [6.07, 6.45) is -2.57. The van der Waals surface area contributed by atoms with Gasteiger partial charge in [0.1, 0.15) is 18.9 Å². The number of aromatic nitrogens is 1. The Kier molecular flexibility index (Phi) is 9.60. The highest BCUT2D eigenvalue weighted by atomic mass is 19.4. The summed E-state index contributed by atoms with van der Waals surface area (Å²) in [5.74, 6) is 7.01. The van der Waals surface area contributed by atoms with E-state index < -0.39 is 12.7 Å². The Morgan fingerprint density at radius 3 is 2.63 bits per heavy atom. The largest absolute Gasteiger partial charge is 0.491 e. The van der Waals surface area contributed by atoms with Crippen LogP contribution in [0.3, 0.4) is 0 Å². The third-order valence-corrected chi connectivity index (χ3v) is 7.49. The van der Waals surface area contributed by atoms with Crippen LogP contribution in [0.1, 0.15) is 18.5 Å². The van der Waals surface area contributed by atoms with Crippen LogP contribution in [0, 0.1) is 17.8 Å². The van der Waals surface area contributed by atoms with Crippen molar-refractivity contribution in [3.05, 3.63) is 54.2 Å². The van der Waals surface area contributed by atoms with E-state index in [-0.39, 0.29) is 12.6 Å². The van der Waals surface area contributed by atoms with Crippen LogP contribution in [-0.2, 0) is 16.0 Å². The Labute approximate surface area is 238 Å². The van der Waals surface area contributed by atoms with Gasteiger partial charge in [0.15, 0.2) is 0 Å². The minimum absolute atomic E-state index is 0.176. The minimum atomic E-state index is -4.38. The molecule has 220 valence electrons. The van der Waals surface area contributed by atoms with Gasteiger partial charge in [0, 0.05) is 42.0 Å². The minimum Gasteiger partial charge on any atom is -0.491 e. The Hall–Kier alpha value is -3.39.